The normalized spacial score (nSPS) is 11.6. The second-order valence-electron chi connectivity index (χ2n) is 7.90. The van der Waals surface area contributed by atoms with Gasteiger partial charge < -0.3 is 25.6 Å². The molecule has 0 aliphatic heterocycles. The number of hydrogen-bond acceptors (Lipinski definition) is 6. The van der Waals surface area contributed by atoms with E-state index in [-0.39, 0.29) is 19.1 Å². The summed E-state index contributed by atoms with van der Waals surface area (Å²) in [4.78, 5) is 24.8. The number of para-hydroxylation sites is 4. The van der Waals surface area contributed by atoms with Crippen LogP contribution in [0.3, 0.4) is 0 Å². The van der Waals surface area contributed by atoms with Crippen LogP contribution in [-0.4, -0.2) is 30.3 Å². The van der Waals surface area contributed by atoms with Gasteiger partial charge in [0.25, 0.3) is 0 Å². The van der Waals surface area contributed by atoms with Gasteiger partial charge in [-0.05, 0) is 55.7 Å². The second-order valence-corrected chi connectivity index (χ2v) is 7.90. The van der Waals surface area contributed by atoms with Crippen LogP contribution in [0, 0.1) is 0 Å². The number of allylic oxidation sites excluding steroid dienone is 1. The molecule has 8 heteroatoms. The molecule has 0 saturated carbocycles. The molecule has 0 saturated heterocycles. The van der Waals surface area contributed by atoms with Gasteiger partial charge in [0.2, 0.25) is 5.91 Å². The number of nitrogens with two attached hydrogens (primary N) is 1. The highest BCUT2D eigenvalue weighted by Gasteiger charge is 2.20. The van der Waals surface area contributed by atoms with Gasteiger partial charge in [-0.2, -0.15) is 0 Å². The molecule has 0 bridgehead atoms. The zero-order valence-corrected chi connectivity index (χ0v) is 19.9. The van der Waals surface area contributed by atoms with E-state index in [0.29, 0.717) is 47.6 Å². The highest BCUT2D eigenvalue weighted by Crippen LogP contribution is 2.32. The minimum absolute atomic E-state index is 0.129. The first-order chi connectivity index (χ1) is 17.6. The summed E-state index contributed by atoms with van der Waals surface area (Å²) >= 11 is 0. The molecule has 8 nitrogen and oxygen atoms in total. The maximum atomic E-state index is 12.6. The zero-order valence-electron chi connectivity index (χ0n) is 19.9. The topological polar surface area (TPSA) is 123 Å². The summed E-state index contributed by atoms with van der Waals surface area (Å²) in [7, 11) is 0. The zero-order chi connectivity index (χ0) is 25.6. The van der Waals surface area contributed by atoms with Crippen molar-refractivity contribution in [3.05, 3.63) is 96.6 Å². The number of amides is 2. The fourth-order valence-electron chi connectivity index (χ4n) is 3.51. The van der Waals surface area contributed by atoms with Crippen LogP contribution in [0.4, 0.5) is 21.9 Å². The Morgan fingerprint density at radius 3 is 2.44 bits per heavy atom. The van der Waals surface area contributed by atoms with Crippen molar-refractivity contribution in [1.82, 2.24) is 0 Å². The summed E-state index contributed by atoms with van der Waals surface area (Å²) in [6, 6.07) is 23.4. The lowest BCUT2D eigenvalue weighted by Gasteiger charge is -2.21. The van der Waals surface area contributed by atoms with E-state index >= 15 is 0 Å². The van der Waals surface area contributed by atoms with Crippen molar-refractivity contribution >= 4 is 29.1 Å². The summed E-state index contributed by atoms with van der Waals surface area (Å²) < 4.78 is 11.4. The number of benzene rings is 3. The summed E-state index contributed by atoms with van der Waals surface area (Å²) in [5.74, 6) is 0.269. The van der Waals surface area contributed by atoms with Crippen molar-refractivity contribution in [1.29, 1.82) is 0 Å². The van der Waals surface area contributed by atoms with Gasteiger partial charge in [-0.25, -0.2) is 4.79 Å². The number of nitrogens with one attached hydrogen (secondary N) is 2. The molecule has 0 aliphatic carbocycles. The van der Waals surface area contributed by atoms with Crippen molar-refractivity contribution in [3.8, 4) is 5.75 Å². The Morgan fingerprint density at radius 1 is 0.944 bits per heavy atom. The Labute approximate surface area is 210 Å². The molecular formula is C28H31N3O5. The van der Waals surface area contributed by atoms with Crippen molar-refractivity contribution in [2.24, 2.45) is 0 Å². The average Bonchev–Trinajstić information content (AvgIpc) is 2.88. The first-order valence-corrected chi connectivity index (χ1v) is 11.7. The number of nitrogen functional groups attached to an aromatic ring is 1. The fraction of sp³-hybridized carbons (Fsp3) is 0.214. The van der Waals surface area contributed by atoms with Crippen molar-refractivity contribution in [3.63, 3.8) is 0 Å². The van der Waals surface area contributed by atoms with E-state index in [1.54, 1.807) is 48.5 Å². The Bertz CT molecular complexity index is 1150. The van der Waals surface area contributed by atoms with E-state index in [0.717, 1.165) is 0 Å². The number of aliphatic hydroxyl groups excluding tert-OH is 1. The molecule has 5 N–H and O–H groups in total. The molecule has 3 rings (SSSR count). The molecule has 0 heterocycles. The molecule has 0 radical (unpaired) electrons. The number of carbonyl (C=O) groups excluding carboxylic acids is 2. The van der Waals surface area contributed by atoms with Crippen LogP contribution in [0.5, 0.6) is 5.75 Å². The van der Waals surface area contributed by atoms with Gasteiger partial charge in [-0.15, -0.1) is 0 Å². The molecule has 0 aromatic heterocycles. The van der Waals surface area contributed by atoms with Gasteiger partial charge in [0.1, 0.15) is 18.5 Å². The van der Waals surface area contributed by atoms with E-state index in [9.17, 15) is 9.59 Å². The quantitative estimate of drug-likeness (QED) is 0.156. The largest absolute Gasteiger partial charge is 0.491 e. The maximum absolute atomic E-state index is 12.6. The van der Waals surface area contributed by atoms with Gasteiger partial charge in [0.05, 0.1) is 18.0 Å². The Morgan fingerprint density at radius 2 is 1.67 bits per heavy atom. The molecule has 3 aromatic rings. The van der Waals surface area contributed by atoms with Crippen molar-refractivity contribution < 1.29 is 24.2 Å². The van der Waals surface area contributed by atoms with Gasteiger partial charge >= 0.3 is 6.09 Å². The number of unbranched alkanes of at least 4 members (excludes halogenated alkanes) is 1. The Kier molecular flexibility index (Phi) is 10.4. The fourth-order valence-corrected chi connectivity index (χ4v) is 3.51. The van der Waals surface area contributed by atoms with Crippen LogP contribution in [-0.2, 0) is 9.53 Å². The monoisotopic (exact) mass is 489 g/mol. The summed E-state index contributed by atoms with van der Waals surface area (Å²) in [5, 5.41) is 14.6. The summed E-state index contributed by atoms with van der Waals surface area (Å²) in [6.07, 6.45) is 3.80. The number of hydrogen-bond donors (Lipinski definition) is 4. The molecule has 1 atom stereocenters. The maximum Gasteiger partial charge on any atom is 0.412 e. The van der Waals surface area contributed by atoms with Crippen LogP contribution >= 0.6 is 0 Å². The van der Waals surface area contributed by atoms with Crippen LogP contribution in [0.2, 0.25) is 0 Å². The van der Waals surface area contributed by atoms with Gasteiger partial charge in [-0.1, -0.05) is 54.6 Å². The Balaban J connectivity index is 1.61. The lowest BCUT2D eigenvalue weighted by Crippen LogP contribution is -2.18. The van der Waals surface area contributed by atoms with Gasteiger partial charge in [-0.3, -0.25) is 10.1 Å². The third-order valence-electron chi connectivity index (χ3n) is 5.21. The lowest BCUT2D eigenvalue weighted by molar-refractivity contribution is -0.111. The summed E-state index contributed by atoms with van der Waals surface area (Å²) in [5.41, 5.74) is 8.24. The number of carbonyl (C=O) groups is 2. The first-order valence-electron chi connectivity index (χ1n) is 11.7. The number of anilines is 3. The van der Waals surface area contributed by atoms with Crippen molar-refractivity contribution in [2.45, 2.75) is 25.4 Å². The minimum Gasteiger partial charge on any atom is -0.491 e. The van der Waals surface area contributed by atoms with Gasteiger partial charge in [0.15, 0.2) is 0 Å². The molecule has 36 heavy (non-hydrogen) atoms. The third-order valence-corrected chi connectivity index (χ3v) is 5.21. The van der Waals surface area contributed by atoms with Crippen LogP contribution < -0.4 is 21.1 Å². The SMILES string of the molecule is Nc1ccccc1NC(=O)/C=C/CCC[C@@H](OC(=O)Nc1ccccc1)c1ccccc1OCCO. The van der Waals surface area contributed by atoms with Crippen molar-refractivity contribution in [2.75, 3.05) is 29.6 Å². The minimum atomic E-state index is -0.588. The van der Waals surface area contributed by atoms with Gasteiger partial charge in [0, 0.05) is 11.3 Å². The molecule has 0 spiro atoms. The first kappa shape index (κ1) is 26.3. The average molecular weight is 490 g/mol. The number of rotatable bonds is 12. The third kappa shape index (κ3) is 8.48. The van der Waals surface area contributed by atoms with Crippen LogP contribution in [0.15, 0.2) is 91.0 Å². The summed E-state index contributed by atoms with van der Waals surface area (Å²) in [6.45, 7) is -0.000432. The van der Waals surface area contributed by atoms with E-state index in [2.05, 4.69) is 10.6 Å². The highest BCUT2D eigenvalue weighted by molar-refractivity contribution is 6.01. The molecule has 0 fully saturated rings. The smallest absolute Gasteiger partial charge is 0.412 e. The standard InChI is InChI=1S/C28H31N3O5/c29-23-14-8-9-15-24(23)31-27(33)18-6-2-5-17-26(22-13-7-10-16-25(22)35-20-19-32)36-28(34)30-21-11-3-1-4-12-21/h1,3-4,6-16,18,26,32H,2,5,17,19-20,29H2,(H,30,34)(H,31,33)/b18-6+/t26-/m1/s1. The van der Waals surface area contributed by atoms with E-state index in [4.69, 9.17) is 20.3 Å². The number of ether oxygens (including phenoxy) is 2. The Hall–Kier alpha value is -4.30. The van der Waals surface area contributed by atoms with E-state index in [1.807, 2.05) is 36.4 Å². The van der Waals surface area contributed by atoms with Crippen LogP contribution in [0.1, 0.15) is 30.9 Å². The molecule has 3 aromatic carbocycles. The predicted molar refractivity (Wildman–Crippen MR) is 141 cm³/mol. The molecular weight excluding hydrogens is 458 g/mol. The predicted octanol–water partition coefficient (Wildman–Crippen LogP) is 5.29. The second kappa shape index (κ2) is 14.2. The lowest BCUT2D eigenvalue weighted by atomic mass is 10.0. The molecule has 188 valence electrons. The molecule has 0 aliphatic rings. The highest BCUT2D eigenvalue weighted by atomic mass is 16.6. The molecule has 2 amide bonds. The molecule has 0 unspecified atom stereocenters. The van der Waals surface area contributed by atoms with E-state index < -0.39 is 12.2 Å². The van der Waals surface area contributed by atoms with Crippen LogP contribution in [0.25, 0.3) is 0 Å². The number of aliphatic hydroxyl groups is 1. The van der Waals surface area contributed by atoms with E-state index in [1.165, 1.54) is 6.08 Å².